The second-order valence-electron chi connectivity index (χ2n) is 6.26. The van der Waals surface area contributed by atoms with E-state index in [-0.39, 0.29) is 17.9 Å². The minimum atomic E-state index is -0.455. The minimum absolute atomic E-state index is 0.181. The smallest absolute Gasteiger partial charge is 0.323 e. The summed E-state index contributed by atoms with van der Waals surface area (Å²) in [7, 11) is 0. The zero-order chi connectivity index (χ0) is 15.3. The molecule has 0 heterocycles. The van der Waals surface area contributed by atoms with Crippen LogP contribution < -0.4 is 5.32 Å². The SMILES string of the molecule is CC(C)[C@H](NCc1ccc(Br)cc1)C(=O)OC(C)(C)C. The largest absolute Gasteiger partial charge is 0.459 e. The molecule has 1 atom stereocenters. The zero-order valence-corrected chi connectivity index (χ0v) is 14.5. The molecule has 0 bridgehead atoms. The Balaban J connectivity index is 2.63. The molecule has 0 radical (unpaired) electrons. The summed E-state index contributed by atoms with van der Waals surface area (Å²) in [6, 6.07) is 7.76. The molecule has 1 N–H and O–H groups in total. The monoisotopic (exact) mass is 341 g/mol. The molecule has 0 aliphatic rings. The van der Waals surface area contributed by atoms with Crippen molar-refractivity contribution < 1.29 is 9.53 Å². The molecule has 0 aliphatic heterocycles. The maximum atomic E-state index is 12.2. The number of hydrogen-bond donors (Lipinski definition) is 1. The topological polar surface area (TPSA) is 38.3 Å². The standard InChI is InChI=1S/C16H24BrNO2/c1-11(2)14(15(19)20-16(3,4)5)18-10-12-6-8-13(17)9-7-12/h6-9,11,14,18H,10H2,1-5H3/t14-/m0/s1. The van der Waals surface area contributed by atoms with E-state index < -0.39 is 5.60 Å². The summed E-state index contributed by atoms with van der Waals surface area (Å²) >= 11 is 3.41. The first-order chi connectivity index (χ1) is 9.19. The van der Waals surface area contributed by atoms with Crippen molar-refractivity contribution in [1.29, 1.82) is 0 Å². The van der Waals surface area contributed by atoms with Crippen LogP contribution >= 0.6 is 15.9 Å². The Morgan fingerprint density at radius 3 is 2.25 bits per heavy atom. The molecule has 1 aromatic carbocycles. The van der Waals surface area contributed by atoms with Crippen LogP contribution in [0.2, 0.25) is 0 Å². The van der Waals surface area contributed by atoms with Crippen molar-refractivity contribution in [1.82, 2.24) is 5.32 Å². The highest BCUT2D eigenvalue weighted by atomic mass is 79.9. The predicted molar refractivity (Wildman–Crippen MR) is 85.5 cm³/mol. The Bertz CT molecular complexity index is 435. The van der Waals surface area contributed by atoms with E-state index in [1.807, 2.05) is 58.9 Å². The number of halogens is 1. The maximum absolute atomic E-state index is 12.2. The second-order valence-corrected chi connectivity index (χ2v) is 7.18. The summed E-state index contributed by atoms with van der Waals surface area (Å²) in [6.07, 6.45) is 0. The lowest BCUT2D eigenvalue weighted by Crippen LogP contribution is -2.44. The van der Waals surface area contributed by atoms with Gasteiger partial charge in [-0.1, -0.05) is 41.9 Å². The summed E-state index contributed by atoms with van der Waals surface area (Å²) < 4.78 is 6.51. The van der Waals surface area contributed by atoms with E-state index in [2.05, 4.69) is 21.2 Å². The first kappa shape index (κ1) is 17.2. The molecule has 0 saturated heterocycles. The van der Waals surface area contributed by atoms with Gasteiger partial charge >= 0.3 is 5.97 Å². The highest BCUT2D eigenvalue weighted by Gasteiger charge is 2.27. The van der Waals surface area contributed by atoms with Gasteiger partial charge in [-0.15, -0.1) is 0 Å². The predicted octanol–water partition coefficient (Wildman–Crippen LogP) is 3.91. The lowest BCUT2D eigenvalue weighted by atomic mass is 10.0. The third kappa shape index (κ3) is 6.06. The summed E-state index contributed by atoms with van der Waals surface area (Å²) in [6.45, 7) is 10.3. The van der Waals surface area contributed by atoms with Crippen LogP contribution in [0.15, 0.2) is 28.7 Å². The molecule has 0 fully saturated rings. The summed E-state index contributed by atoms with van der Waals surface area (Å²) in [4.78, 5) is 12.2. The average molecular weight is 342 g/mol. The Morgan fingerprint density at radius 1 is 1.25 bits per heavy atom. The molecule has 20 heavy (non-hydrogen) atoms. The van der Waals surface area contributed by atoms with Crippen LogP contribution in [0.5, 0.6) is 0 Å². The van der Waals surface area contributed by atoms with Gasteiger partial charge in [-0.25, -0.2) is 0 Å². The quantitative estimate of drug-likeness (QED) is 0.825. The number of esters is 1. The molecule has 112 valence electrons. The van der Waals surface area contributed by atoms with Gasteiger partial charge in [0.1, 0.15) is 11.6 Å². The number of carbonyl (C=O) groups is 1. The van der Waals surface area contributed by atoms with Crippen LogP contribution in [0.1, 0.15) is 40.2 Å². The molecule has 1 rings (SSSR count). The highest BCUT2D eigenvalue weighted by molar-refractivity contribution is 9.10. The number of nitrogens with one attached hydrogen (secondary N) is 1. The van der Waals surface area contributed by atoms with Gasteiger partial charge in [0, 0.05) is 11.0 Å². The number of hydrogen-bond acceptors (Lipinski definition) is 3. The van der Waals surface area contributed by atoms with Crippen LogP contribution in [-0.4, -0.2) is 17.6 Å². The van der Waals surface area contributed by atoms with Crippen molar-refractivity contribution in [3.8, 4) is 0 Å². The third-order valence-electron chi connectivity index (χ3n) is 2.77. The Hall–Kier alpha value is -0.870. The summed E-state index contributed by atoms with van der Waals surface area (Å²) in [5.41, 5.74) is 0.686. The van der Waals surface area contributed by atoms with Crippen molar-refractivity contribution in [3.63, 3.8) is 0 Å². The molecule has 0 aromatic heterocycles. The van der Waals surface area contributed by atoms with E-state index in [4.69, 9.17) is 4.74 Å². The number of carbonyl (C=O) groups excluding carboxylic acids is 1. The number of benzene rings is 1. The van der Waals surface area contributed by atoms with Crippen LogP contribution in [-0.2, 0) is 16.1 Å². The van der Waals surface area contributed by atoms with Gasteiger partial charge in [0.2, 0.25) is 0 Å². The number of rotatable bonds is 5. The van der Waals surface area contributed by atoms with Gasteiger partial charge in [0.15, 0.2) is 0 Å². The minimum Gasteiger partial charge on any atom is -0.459 e. The first-order valence-corrected chi connectivity index (χ1v) is 7.69. The molecular formula is C16H24BrNO2. The van der Waals surface area contributed by atoms with E-state index in [1.165, 1.54) is 0 Å². The van der Waals surface area contributed by atoms with Gasteiger partial charge in [0.05, 0.1) is 0 Å². The zero-order valence-electron chi connectivity index (χ0n) is 12.9. The van der Waals surface area contributed by atoms with E-state index in [9.17, 15) is 4.79 Å². The van der Waals surface area contributed by atoms with Crippen LogP contribution in [0, 0.1) is 5.92 Å². The normalized spacial score (nSPS) is 13.3. The van der Waals surface area contributed by atoms with Crippen molar-refractivity contribution >= 4 is 21.9 Å². The molecule has 0 aliphatic carbocycles. The van der Waals surface area contributed by atoms with Crippen molar-refractivity contribution in [2.45, 2.75) is 52.8 Å². The Morgan fingerprint density at radius 2 is 1.80 bits per heavy atom. The first-order valence-electron chi connectivity index (χ1n) is 6.90. The summed E-state index contributed by atoms with van der Waals surface area (Å²) in [5, 5.41) is 3.29. The molecule has 0 spiro atoms. The van der Waals surface area contributed by atoms with Gasteiger partial charge < -0.3 is 10.1 Å². The molecule has 1 aromatic rings. The molecule has 4 heteroatoms. The molecule has 0 saturated carbocycles. The van der Waals surface area contributed by atoms with Crippen LogP contribution in [0.25, 0.3) is 0 Å². The van der Waals surface area contributed by atoms with Crippen molar-refractivity contribution in [2.24, 2.45) is 5.92 Å². The maximum Gasteiger partial charge on any atom is 0.323 e. The molecule has 0 unspecified atom stereocenters. The Kier molecular flexibility index (Phi) is 6.21. The van der Waals surface area contributed by atoms with Gasteiger partial charge in [-0.3, -0.25) is 4.79 Å². The lowest BCUT2D eigenvalue weighted by Gasteiger charge is -2.26. The molecular weight excluding hydrogens is 318 g/mol. The molecule has 0 amide bonds. The van der Waals surface area contributed by atoms with E-state index >= 15 is 0 Å². The van der Waals surface area contributed by atoms with E-state index in [0.717, 1.165) is 10.0 Å². The second kappa shape index (κ2) is 7.23. The average Bonchev–Trinajstić information content (AvgIpc) is 2.29. The summed E-state index contributed by atoms with van der Waals surface area (Å²) in [5.74, 6) is -0.00934. The fourth-order valence-electron chi connectivity index (χ4n) is 1.79. The van der Waals surface area contributed by atoms with Crippen LogP contribution in [0.3, 0.4) is 0 Å². The fraction of sp³-hybridized carbons (Fsp3) is 0.562. The van der Waals surface area contributed by atoms with E-state index in [0.29, 0.717) is 6.54 Å². The van der Waals surface area contributed by atoms with Crippen molar-refractivity contribution in [2.75, 3.05) is 0 Å². The third-order valence-corrected chi connectivity index (χ3v) is 3.30. The fourth-order valence-corrected chi connectivity index (χ4v) is 2.05. The Labute approximate surface area is 130 Å². The van der Waals surface area contributed by atoms with Crippen molar-refractivity contribution in [3.05, 3.63) is 34.3 Å². The van der Waals surface area contributed by atoms with Gasteiger partial charge in [-0.2, -0.15) is 0 Å². The molecule has 3 nitrogen and oxygen atoms in total. The lowest BCUT2D eigenvalue weighted by molar-refractivity contribution is -0.158. The highest BCUT2D eigenvalue weighted by Crippen LogP contribution is 2.14. The van der Waals surface area contributed by atoms with Gasteiger partial charge in [-0.05, 0) is 44.4 Å². The number of ether oxygens (including phenoxy) is 1. The van der Waals surface area contributed by atoms with E-state index in [1.54, 1.807) is 0 Å². The van der Waals surface area contributed by atoms with Gasteiger partial charge in [0.25, 0.3) is 0 Å². The van der Waals surface area contributed by atoms with Crippen LogP contribution in [0.4, 0.5) is 0 Å².